The zero-order valence-electron chi connectivity index (χ0n) is 7.48. The van der Waals surface area contributed by atoms with Crippen molar-refractivity contribution in [1.29, 1.82) is 0 Å². The third kappa shape index (κ3) is 2.16. The molecule has 2 atom stereocenters. The predicted octanol–water partition coefficient (Wildman–Crippen LogP) is 1.16. The number of rotatable bonds is 4. The van der Waals surface area contributed by atoms with E-state index in [1.807, 2.05) is 0 Å². The maximum Gasteiger partial charge on any atom is 0.392 e. The van der Waals surface area contributed by atoms with Gasteiger partial charge in [-0.05, 0) is 0 Å². The van der Waals surface area contributed by atoms with E-state index in [1.165, 1.54) is 24.3 Å². The maximum absolute atomic E-state index is 11.4. The zero-order valence-corrected chi connectivity index (χ0v) is 9.27. The first-order chi connectivity index (χ1) is 6.98. The fourth-order valence-corrected chi connectivity index (χ4v) is 2.43. The summed E-state index contributed by atoms with van der Waals surface area (Å²) in [6, 6.07) is 7.35. The highest BCUT2D eigenvalue weighted by atomic mass is 31.2. The van der Waals surface area contributed by atoms with Crippen molar-refractivity contribution in [2.24, 2.45) is 5.90 Å². The van der Waals surface area contributed by atoms with E-state index in [0.29, 0.717) is 0 Å². The van der Waals surface area contributed by atoms with Gasteiger partial charge in [0.25, 0.3) is 5.08 Å². The summed E-state index contributed by atoms with van der Waals surface area (Å²) < 4.78 is 26.0. The summed E-state index contributed by atoms with van der Waals surface area (Å²) in [5.41, 5.74) is -0.0158. The van der Waals surface area contributed by atoms with E-state index in [9.17, 15) is 19.1 Å². The van der Waals surface area contributed by atoms with Crippen LogP contribution in [-0.2, 0) is 18.8 Å². The second kappa shape index (κ2) is 4.49. The molecule has 0 aromatic heterocycles. The molecule has 6 nitrogen and oxygen atoms in total. The van der Waals surface area contributed by atoms with Gasteiger partial charge in [0.1, 0.15) is 0 Å². The molecule has 0 saturated heterocycles. The molecule has 0 aliphatic carbocycles. The van der Waals surface area contributed by atoms with Gasteiger partial charge in [-0.15, -0.1) is 0 Å². The Morgan fingerprint density at radius 1 is 1.40 bits per heavy atom. The van der Waals surface area contributed by atoms with E-state index in [0.717, 1.165) is 0 Å². The Kier molecular flexibility index (Phi) is 3.73. The first kappa shape index (κ1) is 12.5. The van der Waals surface area contributed by atoms with Gasteiger partial charge >= 0.3 is 7.60 Å². The molecular formula is C7H9NO5P2. The summed E-state index contributed by atoms with van der Waals surface area (Å²) in [6.45, 7) is 0. The van der Waals surface area contributed by atoms with Crippen molar-refractivity contribution in [2.45, 2.75) is 5.08 Å². The Balaban J connectivity index is 3.29. The van der Waals surface area contributed by atoms with Crippen LogP contribution in [-0.4, -0.2) is 10.00 Å². The molecule has 1 rings (SSSR count). The molecule has 0 aliphatic rings. The van der Waals surface area contributed by atoms with Crippen LogP contribution in [0.3, 0.4) is 0 Å². The Labute approximate surface area is 87.4 Å². The summed E-state index contributed by atoms with van der Waals surface area (Å²) in [7, 11) is -5.57. The number of hydrogen-bond donors (Lipinski definition) is 3. The lowest BCUT2D eigenvalue weighted by Gasteiger charge is -2.23. The quantitative estimate of drug-likeness (QED) is 0.545. The lowest BCUT2D eigenvalue weighted by molar-refractivity contribution is 0.145. The highest BCUT2D eigenvalue weighted by Crippen LogP contribution is 2.63. The molecule has 0 radical (unpaired) electrons. The zero-order chi connectivity index (χ0) is 11.5. The minimum atomic E-state index is -4.61. The first-order valence-corrected chi connectivity index (χ1v) is 6.20. The highest BCUT2D eigenvalue weighted by Gasteiger charge is 2.50. The molecule has 0 fully saturated rings. The fraction of sp³-hybridized carbons (Fsp3) is 0.143. The molecule has 82 valence electrons. The van der Waals surface area contributed by atoms with E-state index in [-0.39, 0.29) is 5.56 Å². The third-order valence-electron chi connectivity index (χ3n) is 1.83. The van der Waals surface area contributed by atoms with Crippen molar-refractivity contribution >= 4 is 16.1 Å². The van der Waals surface area contributed by atoms with E-state index in [2.05, 4.69) is 10.5 Å². The minimum absolute atomic E-state index is 0.0158. The smallest absolute Gasteiger partial charge is 0.364 e. The molecule has 0 spiro atoms. The van der Waals surface area contributed by atoms with Crippen LogP contribution in [0.2, 0.25) is 0 Å². The Morgan fingerprint density at radius 2 is 1.93 bits per heavy atom. The van der Waals surface area contributed by atoms with Gasteiger partial charge in [-0.3, -0.25) is 9.13 Å². The summed E-state index contributed by atoms with van der Waals surface area (Å²) in [4.78, 5) is 9.25. The van der Waals surface area contributed by atoms with E-state index in [1.54, 1.807) is 6.07 Å². The molecule has 8 heteroatoms. The second-order valence-electron chi connectivity index (χ2n) is 2.72. The van der Waals surface area contributed by atoms with Crippen LogP contribution in [0, 0.1) is 0 Å². The van der Waals surface area contributed by atoms with E-state index in [4.69, 9.17) is 0 Å². The van der Waals surface area contributed by atoms with Gasteiger partial charge in [-0.1, -0.05) is 30.3 Å². The fourth-order valence-electron chi connectivity index (χ4n) is 1.00. The monoisotopic (exact) mass is 249 g/mol. The Hall–Kier alpha value is -0.610. The molecule has 0 bridgehead atoms. The largest absolute Gasteiger partial charge is 0.392 e. The Bertz CT molecular complexity index is 398. The molecule has 0 aliphatic heterocycles. The first-order valence-electron chi connectivity index (χ1n) is 3.81. The van der Waals surface area contributed by atoms with Crippen LogP contribution in [0.4, 0.5) is 0 Å². The van der Waals surface area contributed by atoms with Crippen LogP contribution in [0.25, 0.3) is 0 Å². The van der Waals surface area contributed by atoms with Crippen molar-refractivity contribution in [2.75, 3.05) is 0 Å². The van der Waals surface area contributed by atoms with Gasteiger partial charge in [0, 0.05) is 5.56 Å². The molecule has 1 aromatic carbocycles. The van der Waals surface area contributed by atoms with Gasteiger partial charge in [0.15, 0.2) is 0 Å². The van der Waals surface area contributed by atoms with Crippen molar-refractivity contribution < 1.29 is 23.8 Å². The average molecular weight is 249 g/mol. The Morgan fingerprint density at radius 3 is 2.33 bits per heavy atom. The van der Waals surface area contributed by atoms with Crippen molar-refractivity contribution in [3.05, 3.63) is 35.9 Å². The molecule has 0 heterocycles. The number of benzene rings is 1. The lowest BCUT2D eigenvalue weighted by atomic mass is 10.2. The van der Waals surface area contributed by atoms with Crippen molar-refractivity contribution in [3.63, 3.8) is 0 Å². The SMILES string of the molecule is NOP(=O)(O)C(O)(P=O)c1ccccc1. The van der Waals surface area contributed by atoms with Gasteiger partial charge in [-0.25, -0.2) is 10.5 Å². The molecule has 1 aromatic rings. The van der Waals surface area contributed by atoms with Crippen molar-refractivity contribution in [1.82, 2.24) is 0 Å². The standard InChI is InChI=1S/C7H9NO5P2/c8-13-15(11,12)7(9,14-10)6-4-2-1-3-5-6/h1-5,9H,8H2,(H,11,12). The average Bonchev–Trinajstić information content (AvgIpc) is 2.29. The predicted molar refractivity (Wildman–Crippen MR) is 53.0 cm³/mol. The minimum Gasteiger partial charge on any atom is -0.364 e. The van der Waals surface area contributed by atoms with Crippen LogP contribution < -0.4 is 5.90 Å². The molecule has 0 saturated carbocycles. The van der Waals surface area contributed by atoms with Gasteiger partial charge < -0.3 is 10.00 Å². The van der Waals surface area contributed by atoms with Gasteiger partial charge in [0.2, 0.25) is 8.46 Å². The number of hydrogen-bond acceptors (Lipinski definition) is 5. The van der Waals surface area contributed by atoms with Crippen LogP contribution in [0.5, 0.6) is 0 Å². The van der Waals surface area contributed by atoms with Crippen LogP contribution in [0.15, 0.2) is 30.3 Å². The summed E-state index contributed by atoms with van der Waals surface area (Å²) in [5, 5.41) is 7.24. The van der Waals surface area contributed by atoms with Gasteiger partial charge in [-0.2, -0.15) is 0 Å². The highest BCUT2D eigenvalue weighted by molar-refractivity contribution is 7.63. The molecule has 15 heavy (non-hydrogen) atoms. The molecule has 2 unspecified atom stereocenters. The third-order valence-corrected chi connectivity index (χ3v) is 4.67. The van der Waals surface area contributed by atoms with Crippen molar-refractivity contribution in [3.8, 4) is 0 Å². The second-order valence-corrected chi connectivity index (χ2v) is 5.80. The summed E-state index contributed by atoms with van der Waals surface area (Å²) in [6.07, 6.45) is 0. The summed E-state index contributed by atoms with van der Waals surface area (Å²) in [5.74, 6) is 4.59. The summed E-state index contributed by atoms with van der Waals surface area (Å²) >= 11 is 0. The normalized spacial score (nSPS) is 19.4. The molecular weight excluding hydrogens is 240 g/mol. The van der Waals surface area contributed by atoms with Crippen LogP contribution in [0.1, 0.15) is 5.56 Å². The molecule has 0 amide bonds. The topological polar surface area (TPSA) is 110 Å². The van der Waals surface area contributed by atoms with Gasteiger partial charge in [0.05, 0.1) is 0 Å². The van der Waals surface area contributed by atoms with E-state index < -0.39 is 21.1 Å². The van der Waals surface area contributed by atoms with E-state index >= 15 is 0 Å². The van der Waals surface area contributed by atoms with Crippen LogP contribution >= 0.6 is 16.1 Å². The number of nitrogens with two attached hydrogens (primary N) is 1. The molecule has 4 N–H and O–H groups in total. The maximum atomic E-state index is 11.4. The number of aliphatic hydroxyl groups is 1. The lowest BCUT2D eigenvalue weighted by Crippen LogP contribution is -2.21.